The van der Waals surface area contributed by atoms with E-state index in [1.807, 2.05) is 19.0 Å². The molecule has 0 spiro atoms. The Kier molecular flexibility index (Phi) is 10.1. The van der Waals surface area contributed by atoms with E-state index in [1.54, 1.807) is 7.05 Å². The van der Waals surface area contributed by atoms with Crippen LogP contribution in [0.1, 0.15) is 18.4 Å². The lowest BCUT2D eigenvalue weighted by Gasteiger charge is -2.21. The minimum atomic E-state index is -4.45. The third-order valence-corrected chi connectivity index (χ3v) is 4.55. The number of hydrogen-bond acceptors (Lipinski definition) is 4. The fraction of sp³-hybridized carbons (Fsp3) is 0.647. The molecule has 0 amide bonds. The molecule has 2 rings (SSSR count). The Bertz CT molecular complexity index is 656. The van der Waals surface area contributed by atoms with Crippen LogP contribution in [0.25, 0.3) is 0 Å². The van der Waals surface area contributed by atoms with Crippen LogP contribution in [-0.4, -0.2) is 69.2 Å². The third-order valence-electron chi connectivity index (χ3n) is 4.28. The lowest BCUT2D eigenvalue weighted by atomic mass is 10.2. The first-order valence-electron chi connectivity index (χ1n) is 8.80. The maximum absolute atomic E-state index is 12.7. The number of rotatable bonds is 6. The molecule has 0 aromatic carbocycles. The topological polar surface area (TPSA) is 55.8 Å². The van der Waals surface area contributed by atoms with E-state index in [-0.39, 0.29) is 35.0 Å². The molecule has 11 heteroatoms. The first-order valence-corrected chi connectivity index (χ1v) is 9.18. The van der Waals surface area contributed by atoms with Gasteiger partial charge in [0.1, 0.15) is 5.82 Å². The zero-order valence-corrected chi connectivity index (χ0v) is 19.3. The second-order valence-electron chi connectivity index (χ2n) is 6.76. The van der Waals surface area contributed by atoms with E-state index in [0.717, 1.165) is 38.2 Å². The minimum absolute atomic E-state index is 0. The SMILES string of the molecule is CN=C(NCCCN(C)C)NC1CCN(c2ncc(C(F)(F)F)cc2Cl)C1.I. The molecule has 0 saturated carbocycles. The van der Waals surface area contributed by atoms with Gasteiger partial charge in [-0.15, -0.1) is 24.0 Å². The summed E-state index contributed by atoms with van der Waals surface area (Å²) in [6.07, 6.45) is -1.81. The number of aromatic nitrogens is 1. The van der Waals surface area contributed by atoms with Crippen LogP contribution in [0.5, 0.6) is 0 Å². The van der Waals surface area contributed by atoms with E-state index in [9.17, 15) is 13.2 Å². The van der Waals surface area contributed by atoms with Gasteiger partial charge in [-0.2, -0.15) is 13.2 Å². The number of halogens is 5. The highest BCUT2D eigenvalue weighted by atomic mass is 127. The summed E-state index contributed by atoms with van der Waals surface area (Å²) in [6.45, 7) is 3.05. The highest BCUT2D eigenvalue weighted by Crippen LogP contribution is 2.34. The molecule has 1 aliphatic rings. The molecule has 2 heterocycles. The molecule has 2 N–H and O–H groups in total. The zero-order valence-electron chi connectivity index (χ0n) is 16.2. The van der Waals surface area contributed by atoms with Crippen LogP contribution in [0.15, 0.2) is 17.3 Å². The van der Waals surface area contributed by atoms with Crippen molar-refractivity contribution in [2.45, 2.75) is 25.1 Å². The van der Waals surface area contributed by atoms with E-state index >= 15 is 0 Å². The van der Waals surface area contributed by atoms with Crippen molar-refractivity contribution < 1.29 is 13.2 Å². The predicted octanol–water partition coefficient (Wildman–Crippen LogP) is 3.07. The fourth-order valence-electron chi connectivity index (χ4n) is 2.88. The second-order valence-corrected chi connectivity index (χ2v) is 7.17. The molecule has 1 atom stereocenters. The lowest BCUT2D eigenvalue weighted by Crippen LogP contribution is -2.45. The average molecular weight is 535 g/mol. The van der Waals surface area contributed by atoms with Crippen molar-refractivity contribution in [1.29, 1.82) is 0 Å². The van der Waals surface area contributed by atoms with Crippen LogP contribution in [0.2, 0.25) is 5.02 Å². The molecule has 0 radical (unpaired) electrons. The van der Waals surface area contributed by atoms with Crippen LogP contribution in [0.3, 0.4) is 0 Å². The summed E-state index contributed by atoms with van der Waals surface area (Å²) in [4.78, 5) is 12.2. The normalized spacial score (nSPS) is 17.6. The summed E-state index contributed by atoms with van der Waals surface area (Å²) in [6, 6.07) is 1.04. The standard InChI is InChI=1S/C17H26ClF3N6.HI/c1-22-16(23-6-4-7-26(2)3)25-13-5-8-27(11-13)15-14(18)9-12(10-24-15)17(19,20)21;/h9-10,13H,4-8,11H2,1-3H3,(H2,22,23,25);1H. The number of pyridine rings is 1. The van der Waals surface area contributed by atoms with Crippen molar-refractivity contribution in [2.75, 3.05) is 52.2 Å². The first-order chi connectivity index (χ1) is 12.7. The largest absolute Gasteiger partial charge is 0.417 e. The van der Waals surface area contributed by atoms with E-state index in [0.29, 0.717) is 24.9 Å². The van der Waals surface area contributed by atoms with Crippen LogP contribution in [0.4, 0.5) is 19.0 Å². The smallest absolute Gasteiger partial charge is 0.356 e. The number of hydrogen-bond donors (Lipinski definition) is 2. The molecule has 6 nitrogen and oxygen atoms in total. The van der Waals surface area contributed by atoms with Crippen molar-refractivity contribution in [3.63, 3.8) is 0 Å². The van der Waals surface area contributed by atoms with Crippen LogP contribution in [0, 0.1) is 0 Å². The lowest BCUT2D eigenvalue weighted by molar-refractivity contribution is -0.137. The second kappa shape index (κ2) is 11.2. The van der Waals surface area contributed by atoms with Gasteiger partial charge in [-0.25, -0.2) is 4.98 Å². The number of nitrogens with zero attached hydrogens (tertiary/aromatic N) is 4. The highest BCUT2D eigenvalue weighted by Gasteiger charge is 2.33. The Labute approximate surface area is 185 Å². The molecule has 1 saturated heterocycles. The quantitative estimate of drug-likeness (QED) is 0.254. The number of guanidine groups is 1. The van der Waals surface area contributed by atoms with Crippen LogP contribution < -0.4 is 15.5 Å². The number of nitrogens with one attached hydrogen (secondary N) is 2. The van der Waals surface area contributed by atoms with Gasteiger partial charge in [0, 0.05) is 38.9 Å². The van der Waals surface area contributed by atoms with Gasteiger partial charge in [-0.05, 0) is 39.5 Å². The highest BCUT2D eigenvalue weighted by molar-refractivity contribution is 14.0. The zero-order chi connectivity index (χ0) is 20.0. The molecule has 0 aliphatic carbocycles. The molecule has 0 bridgehead atoms. The van der Waals surface area contributed by atoms with Gasteiger partial charge in [0.05, 0.1) is 10.6 Å². The third kappa shape index (κ3) is 7.43. The van der Waals surface area contributed by atoms with E-state index in [2.05, 4.69) is 25.5 Å². The molecular weight excluding hydrogens is 508 g/mol. The monoisotopic (exact) mass is 534 g/mol. The van der Waals surface area contributed by atoms with Gasteiger partial charge >= 0.3 is 6.18 Å². The van der Waals surface area contributed by atoms with Crippen molar-refractivity contribution in [3.8, 4) is 0 Å². The molecule has 28 heavy (non-hydrogen) atoms. The van der Waals surface area contributed by atoms with Crippen molar-refractivity contribution in [1.82, 2.24) is 20.5 Å². The molecular formula is C17H27ClF3IN6. The molecule has 1 aromatic heterocycles. The van der Waals surface area contributed by atoms with Crippen molar-refractivity contribution in [2.24, 2.45) is 4.99 Å². The Morgan fingerprint density at radius 2 is 2.14 bits per heavy atom. The molecule has 1 aliphatic heterocycles. The van der Waals surface area contributed by atoms with Gasteiger partial charge in [-0.1, -0.05) is 11.6 Å². The molecule has 160 valence electrons. The number of aliphatic imine (C=N–C) groups is 1. The molecule has 1 fully saturated rings. The number of anilines is 1. The Morgan fingerprint density at radius 3 is 2.71 bits per heavy atom. The van der Waals surface area contributed by atoms with Gasteiger partial charge in [0.2, 0.25) is 0 Å². The maximum Gasteiger partial charge on any atom is 0.417 e. The Balaban J connectivity index is 0.00000392. The molecule has 1 unspecified atom stereocenters. The Morgan fingerprint density at radius 1 is 1.43 bits per heavy atom. The molecule has 1 aromatic rings. The van der Waals surface area contributed by atoms with Gasteiger partial charge in [0.25, 0.3) is 0 Å². The summed E-state index contributed by atoms with van der Waals surface area (Å²) < 4.78 is 38.2. The van der Waals surface area contributed by atoms with E-state index in [4.69, 9.17) is 11.6 Å². The summed E-state index contributed by atoms with van der Waals surface area (Å²) >= 11 is 6.04. The van der Waals surface area contributed by atoms with E-state index in [1.165, 1.54) is 0 Å². The summed E-state index contributed by atoms with van der Waals surface area (Å²) in [5.41, 5.74) is -0.840. The predicted molar refractivity (Wildman–Crippen MR) is 118 cm³/mol. The minimum Gasteiger partial charge on any atom is -0.356 e. The van der Waals surface area contributed by atoms with Crippen molar-refractivity contribution >= 4 is 47.4 Å². The first kappa shape index (κ1) is 25.0. The summed E-state index contributed by atoms with van der Waals surface area (Å²) in [7, 11) is 5.77. The van der Waals surface area contributed by atoms with Crippen molar-refractivity contribution in [3.05, 3.63) is 22.8 Å². The maximum atomic E-state index is 12.7. The van der Waals surface area contributed by atoms with Crippen LogP contribution >= 0.6 is 35.6 Å². The summed E-state index contributed by atoms with van der Waals surface area (Å²) in [5, 5.41) is 6.62. The van der Waals surface area contributed by atoms with E-state index < -0.39 is 11.7 Å². The number of alkyl halides is 3. The average Bonchev–Trinajstić information content (AvgIpc) is 3.04. The fourth-order valence-corrected chi connectivity index (χ4v) is 3.16. The van der Waals surface area contributed by atoms with Gasteiger partial charge < -0.3 is 20.4 Å². The van der Waals surface area contributed by atoms with Crippen LogP contribution in [-0.2, 0) is 6.18 Å². The van der Waals surface area contributed by atoms with Gasteiger partial charge in [0.15, 0.2) is 5.96 Å². The Hall–Kier alpha value is -1.01. The summed E-state index contributed by atoms with van der Waals surface area (Å²) in [5.74, 6) is 1.09. The van der Waals surface area contributed by atoms with Gasteiger partial charge in [-0.3, -0.25) is 4.99 Å².